The van der Waals surface area contributed by atoms with E-state index in [-0.39, 0.29) is 24.7 Å². The summed E-state index contributed by atoms with van der Waals surface area (Å²) < 4.78 is 26.1. The van der Waals surface area contributed by atoms with Gasteiger partial charge in [0, 0.05) is 44.5 Å². The lowest BCUT2D eigenvalue weighted by Gasteiger charge is -2.33. The Labute approximate surface area is 180 Å². The Hall–Kier alpha value is -3.10. The SMILES string of the molecule is O=C(CN1CCN(C/C=C/c2ccccc2)CC1)NCC(=O)Nc1ccc(F)c(F)c1. The maximum Gasteiger partial charge on any atom is 0.243 e. The first kappa shape index (κ1) is 22.6. The molecular formula is C23H26F2N4O2. The van der Waals surface area contributed by atoms with Crippen LogP contribution in [-0.2, 0) is 9.59 Å². The van der Waals surface area contributed by atoms with Gasteiger partial charge in [-0.05, 0) is 17.7 Å². The summed E-state index contributed by atoms with van der Waals surface area (Å²) >= 11 is 0. The minimum absolute atomic E-state index is 0.135. The number of anilines is 1. The predicted octanol–water partition coefficient (Wildman–Crippen LogP) is 2.35. The lowest BCUT2D eigenvalue weighted by atomic mass is 10.2. The molecule has 0 spiro atoms. The number of hydrogen-bond acceptors (Lipinski definition) is 4. The summed E-state index contributed by atoms with van der Waals surface area (Å²) in [5.74, 6) is -2.79. The molecule has 0 aliphatic carbocycles. The highest BCUT2D eigenvalue weighted by atomic mass is 19.2. The molecule has 0 radical (unpaired) electrons. The van der Waals surface area contributed by atoms with Gasteiger partial charge in [0.05, 0.1) is 13.1 Å². The molecule has 1 aliphatic heterocycles. The molecule has 2 N–H and O–H groups in total. The molecule has 3 rings (SSSR count). The number of nitrogens with zero attached hydrogens (tertiary/aromatic N) is 2. The van der Waals surface area contributed by atoms with Crippen molar-refractivity contribution in [1.29, 1.82) is 0 Å². The quantitative estimate of drug-likeness (QED) is 0.678. The zero-order valence-electron chi connectivity index (χ0n) is 17.2. The standard InChI is InChI=1S/C23H26F2N4O2/c24-20-9-8-19(15-21(20)25)27-22(30)16-26-23(31)17-29-13-11-28(12-14-29)10-4-7-18-5-2-1-3-6-18/h1-9,15H,10-14,16-17H2,(H,26,31)(H,27,30)/b7-4+. The summed E-state index contributed by atoms with van der Waals surface area (Å²) in [6, 6.07) is 13.2. The molecule has 2 aromatic carbocycles. The summed E-state index contributed by atoms with van der Waals surface area (Å²) in [5.41, 5.74) is 1.31. The number of carbonyl (C=O) groups is 2. The van der Waals surface area contributed by atoms with Gasteiger partial charge < -0.3 is 10.6 Å². The summed E-state index contributed by atoms with van der Waals surface area (Å²) in [5, 5.41) is 4.97. The first-order valence-corrected chi connectivity index (χ1v) is 10.2. The monoisotopic (exact) mass is 428 g/mol. The molecule has 8 heteroatoms. The van der Waals surface area contributed by atoms with Crippen LogP contribution in [-0.4, -0.2) is 67.4 Å². The van der Waals surface area contributed by atoms with Crippen LogP contribution in [0.3, 0.4) is 0 Å². The predicted molar refractivity (Wildman–Crippen MR) is 116 cm³/mol. The summed E-state index contributed by atoms with van der Waals surface area (Å²) in [7, 11) is 0. The lowest BCUT2D eigenvalue weighted by Crippen LogP contribution is -2.49. The number of piperazine rings is 1. The van der Waals surface area contributed by atoms with Crippen LogP contribution in [0.5, 0.6) is 0 Å². The van der Waals surface area contributed by atoms with Crippen LogP contribution in [0.1, 0.15) is 5.56 Å². The van der Waals surface area contributed by atoms with Crippen LogP contribution >= 0.6 is 0 Å². The van der Waals surface area contributed by atoms with E-state index in [0.29, 0.717) is 0 Å². The second-order valence-corrected chi connectivity index (χ2v) is 7.34. The van der Waals surface area contributed by atoms with E-state index in [4.69, 9.17) is 0 Å². The molecule has 164 valence electrons. The number of amides is 2. The Balaban J connectivity index is 1.32. The van der Waals surface area contributed by atoms with Crippen molar-refractivity contribution in [3.8, 4) is 0 Å². The smallest absolute Gasteiger partial charge is 0.243 e. The van der Waals surface area contributed by atoms with Gasteiger partial charge in [-0.1, -0.05) is 42.5 Å². The molecule has 0 atom stereocenters. The van der Waals surface area contributed by atoms with Crippen molar-refractivity contribution in [3.05, 3.63) is 71.8 Å². The van der Waals surface area contributed by atoms with Gasteiger partial charge >= 0.3 is 0 Å². The Morgan fingerprint density at radius 2 is 1.61 bits per heavy atom. The average molecular weight is 428 g/mol. The molecular weight excluding hydrogens is 402 g/mol. The number of halogens is 2. The van der Waals surface area contributed by atoms with E-state index in [9.17, 15) is 18.4 Å². The maximum absolute atomic E-state index is 13.2. The van der Waals surface area contributed by atoms with Gasteiger partial charge in [0.15, 0.2) is 11.6 Å². The molecule has 1 heterocycles. The fourth-order valence-electron chi connectivity index (χ4n) is 3.25. The third-order valence-electron chi connectivity index (χ3n) is 4.96. The molecule has 0 aromatic heterocycles. The Morgan fingerprint density at radius 3 is 2.32 bits per heavy atom. The highest BCUT2D eigenvalue weighted by Crippen LogP contribution is 2.12. The van der Waals surface area contributed by atoms with E-state index >= 15 is 0 Å². The molecule has 2 aromatic rings. The Bertz CT molecular complexity index is 913. The zero-order valence-corrected chi connectivity index (χ0v) is 17.2. The second kappa shape index (κ2) is 11.3. The topological polar surface area (TPSA) is 64.7 Å². The minimum Gasteiger partial charge on any atom is -0.346 e. The molecule has 0 unspecified atom stereocenters. The molecule has 1 saturated heterocycles. The fraction of sp³-hybridized carbons (Fsp3) is 0.304. The molecule has 31 heavy (non-hydrogen) atoms. The third-order valence-corrected chi connectivity index (χ3v) is 4.96. The van der Waals surface area contributed by atoms with Crippen LogP contribution in [0, 0.1) is 11.6 Å². The highest BCUT2D eigenvalue weighted by Gasteiger charge is 2.18. The van der Waals surface area contributed by atoms with E-state index < -0.39 is 17.5 Å². The molecule has 1 aliphatic rings. The van der Waals surface area contributed by atoms with Gasteiger partial charge in [0.25, 0.3) is 0 Å². The minimum atomic E-state index is -1.04. The van der Waals surface area contributed by atoms with Crippen molar-refractivity contribution < 1.29 is 18.4 Å². The largest absolute Gasteiger partial charge is 0.346 e. The molecule has 0 bridgehead atoms. The van der Waals surface area contributed by atoms with Crippen molar-refractivity contribution in [2.24, 2.45) is 0 Å². The Kier molecular flexibility index (Phi) is 8.26. The number of rotatable bonds is 8. The van der Waals surface area contributed by atoms with Crippen LogP contribution in [0.25, 0.3) is 6.08 Å². The van der Waals surface area contributed by atoms with Crippen molar-refractivity contribution in [1.82, 2.24) is 15.1 Å². The van der Waals surface area contributed by atoms with Crippen molar-refractivity contribution in [2.75, 3.05) is 51.1 Å². The van der Waals surface area contributed by atoms with E-state index in [0.717, 1.165) is 44.9 Å². The van der Waals surface area contributed by atoms with Gasteiger partial charge in [-0.25, -0.2) is 8.78 Å². The second-order valence-electron chi connectivity index (χ2n) is 7.34. The molecule has 1 fully saturated rings. The van der Waals surface area contributed by atoms with E-state index in [1.807, 2.05) is 23.1 Å². The number of carbonyl (C=O) groups excluding carboxylic acids is 2. The van der Waals surface area contributed by atoms with E-state index in [1.165, 1.54) is 11.6 Å². The number of benzene rings is 2. The van der Waals surface area contributed by atoms with Crippen molar-refractivity contribution in [2.45, 2.75) is 0 Å². The van der Waals surface area contributed by atoms with Crippen LogP contribution in [0.4, 0.5) is 14.5 Å². The van der Waals surface area contributed by atoms with Crippen molar-refractivity contribution >= 4 is 23.6 Å². The number of hydrogen-bond donors (Lipinski definition) is 2. The van der Waals surface area contributed by atoms with E-state index in [2.05, 4.69) is 39.8 Å². The first-order chi connectivity index (χ1) is 15.0. The third kappa shape index (κ3) is 7.58. The van der Waals surface area contributed by atoms with Crippen LogP contribution < -0.4 is 10.6 Å². The van der Waals surface area contributed by atoms with Gasteiger partial charge in [0.1, 0.15) is 0 Å². The van der Waals surface area contributed by atoms with Gasteiger partial charge in [-0.3, -0.25) is 19.4 Å². The zero-order chi connectivity index (χ0) is 22.1. The molecule has 6 nitrogen and oxygen atoms in total. The first-order valence-electron chi connectivity index (χ1n) is 10.2. The summed E-state index contributed by atoms with van der Waals surface area (Å²) in [4.78, 5) is 28.4. The van der Waals surface area contributed by atoms with Gasteiger partial charge in [-0.15, -0.1) is 0 Å². The molecule has 2 amide bonds. The lowest BCUT2D eigenvalue weighted by molar-refractivity contribution is -0.125. The summed E-state index contributed by atoms with van der Waals surface area (Å²) in [6.07, 6.45) is 4.24. The van der Waals surface area contributed by atoms with Crippen molar-refractivity contribution in [3.63, 3.8) is 0 Å². The van der Waals surface area contributed by atoms with E-state index in [1.54, 1.807) is 0 Å². The maximum atomic E-state index is 13.2. The highest BCUT2D eigenvalue weighted by molar-refractivity contribution is 5.94. The summed E-state index contributed by atoms with van der Waals surface area (Å²) in [6.45, 7) is 4.11. The van der Waals surface area contributed by atoms with Gasteiger partial charge in [-0.2, -0.15) is 0 Å². The average Bonchev–Trinajstić information content (AvgIpc) is 2.77. The van der Waals surface area contributed by atoms with Crippen LogP contribution in [0.15, 0.2) is 54.6 Å². The fourth-order valence-corrected chi connectivity index (χ4v) is 3.25. The molecule has 0 saturated carbocycles. The normalized spacial score (nSPS) is 15.2. The number of nitrogens with one attached hydrogen (secondary N) is 2. The Morgan fingerprint density at radius 1 is 0.903 bits per heavy atom. The van der Waals surface area contributed by atoms with Gasteiger partial charge in [0.2, 0.25) is 11.8 Å². The van der Waals surface area contributed by atoms with Crippen LogP contribution in [0.2, 0.25) is 0 Å².